The monoisotopic (exact) mass is 391 g/mol. The first-order valence-electron chi connectivity index (χ1n) is 10.2. The SMILES string of the molecule is O=C(CCN1CCCC(C(=O)NC2CCCCC2)C1)Nc1ccc(Cl)cc1. The second-order valence-corrected chi connectivity index (χ2v) is 8.22. The van der Waals surface area contributed by atoms with Crippen LogP contribution in [0.4, 0.5) is 5.69 Å². The fourth-order valence-corrected chi connectivity index (χ4v) is 4.18. The van der Waals surface area contributed by atoms with Gasteiger partial charge in [0.1, 0.15) is 0 Å². The number of anilines is 1. The summed E-state index contributed by atoms with van der Waals surface area (Å²) in [5, 5.41) is 6.80. The summed E-state index contributed by atoms with van der Waals surface area (Å²) in [7, 11) is 0. The van der Waals surface area contributed by atoms with E-state index in [1.54, 1.807) is 24.3 Å². The fraction of sp³-hybridized carbons (Fsp3) is 0.619. The molecule has 1 aliphatic heterocycles. The van der Waals surface area contributed by atoms with Crippen LogP contribution in [-0.2, 0) is 9.59 Å². The van der Waals surface area contributed by atoms with Gasteiger partial charge in [0, 0.05) is 36.3 Å². The molecule has 0 bridgehead atoms. The molecule has 1 saturated heterocycles. The lowest BCUT2D eigenvalue weighted by molar-refractivity contribution is -0.127. The Labute approximate surface area is 166 Å². The lowest BCUT2D eigenvalue weighted by atomic mass is 9.93. The van der Waals surface area contributed by atoms with Gasteiger partial charge < -0.3 is 15.5 Å². The Bertz CT molecular complexity index is 629. The standard InChI is InChI=1S/C21H30ClN3O2/c22-17-8-10-19(11-9-17)23-20(26)12-14-25-13-4-5-16(15-25)21(27)24-18-6-2-1-3-7-18/h8-11,16,18H,1-7,12-15H2,(H,23,26)(H,24,27). The molecule has 2 N–H and O–H groups in total. The summed E-state index contributed by atoms with van der Waals surface area (Å²) in [6.07, 6.45) is 8.38. The van der Waals surface area contributed by atoms with Gasteiger partial charge in [0.2, 0.25) is 11.8 Å². The van der Waals surface area contributed by atoms with Crippen molar-refractivity contribution in [2.24, 2.45) is 5.92 Å². The maximum Gasteiger partial charge on any atom is 0.225 e. The molecule has 1 saturated carbocycles. The molecule has 1 unspecified atom stereocenters. The normalized spacial score (nSPS) is 21.6. The smallest absolute Gasteiger partial charge is 0.225 e. The van der Waals surface area contributed by atoms with Crippen LogP contribution >= 0.6 is 11.6 Å². The van der Waals surface area contributed by atoms with E-state index in [2.05, 4.69) is 15.5 Å². The Morgan fingerprint density at radius 1 is 1.04 bits per heavy atom. The molecular formula is C21H30ClN3O2. The number of benzene rings is 1. The third kappa shape index (κ3) is 6.51. The molecule has 1 atom stereocenters. The van der Waals surface area contributed by atoms with Crippen LogP contribution in [0.2, 0.25) is 5.02 Å². The van der Waals surface area contributed by atoms with E-state index in [1.165, 1.54) is 19.3 Å². The zero-order valence-electron chi connectivity index (χ0n) is 15.9. The molecule has 0 spiro atoms. The van der Waals surface area contributed by atoms with Gasteiger partial charge in [0.05, 0.1) is 5.92 Å². The maximum absolute atomic E-state index is 12.6. The topological polar surface area (TPSA) is 61.4 Å². The second kappa shape index (κ2) is 10.1. The predicted molar refractivity (Wildman–Crippen MR) is 109 cm³/mol. The lowest BCUT2D eigenvalue weighted by Crippen LogP contribution is -2.46. The van der Waals surface area contributed by atoms with E-state index in [1.807, 2.05) is 0 Å². The number of likely N-dealkylation sites (tertiary alicyclic amines) is 1. The van der Waals surface area contributed by atoms with Crippen molar-refractivity contribution in [3.05, 3.63) is 29.3 Å². The Kier molecular flexibility index (Phi) is 7.53. The maximum atomic E-state index is 12.6. The Morgan fingerprint density at radius 3 is 2.52 bits per heavy atom. The molecule has 1 aromatic rings. The number of carbonyl (C=O) groups is 2. The van der Waals surface area contributed by atoms with E-state index in [4.69, 9.17) is 11.6 Å². The van der Waals surface area contributed by atoms with Crippen LogP contribution in [0.3, 0.4) is 0 Å². The minimum absolute atomic E-state index is 0.00824. The van der Waals surface area contributed by atoms with Crippen molar-refractivity contribution in [2.75, 3.05) is 25.0 Å². The molecule has 1 heterocycles. The largest absolute Gasteiger partial charge is 0.353 e. The highest BCUT2D eigenvalue weighted by Crippen LogP contribution is 2.21. The van der Waals surface area contributed by atoms with Gasteiger partial charge >= 0.3 is 0 Å². The van der Waals surface area contributed by atoms with Gasteiger partial charge in [-0.25, -0.2) is 0 Å². The summed E-state index contributed by atoms with van der Waals surface area (Å²) >= 11 is 5.86. The van der Waals surface area contributed by atoms with Crippen LogP contribution in [0.15, 0.2) is 24.3 Å². The minimum atomic E-state index is -0.00824. The van der Waals surface area contributed by atoms with Gasteiger partial charge in [-0.1, -0.05) is 30.9 Å². The molecule has 0 radical (unpaired) electrons. The molecule has 1 aliphatic carbocycles. The zero-order chi connectivity index (χ0) is 19.1. The fourth-order valence-electron chi connectivity index (χ4n) is 4.05. The number of carbonyl (C=O) groups excluding carboxylic acids is 2. The van der Waals surface area contributed by atoms with Crippen LogP contribution in [0.1, 0.15) is 51.4 Å². The number of halogens is 1. The minimum Gasteiger partial charge on any atom is -0.353 e. The highest BCUT2D eigenvalue weighted by Gasteiger charge is 2.27. The van der Waals surface area contributed by atoms with Gasteiger partial charge in [-0.2, -0.15) is 0 Å². The molecule has 0 aromatic heterocycles. The van der Waals surface area contributed by atoms with Crippen molar-refractivity contribution in [1.29, 1.82) is 0 Å². The average Bonchev–Trinajstić information content (AvgIpc) is 2.69. The first kappa shape index (κ1) is 20.2. The molecule has 1 aromatic carbocycles. The highest BCUT2D eigenvalue weighted by molar-refractivity contribution is 6.30. The number of nitrogens with one attached hydrogen (secondary N) is 2. The van der Waals surface area contributed by atoms with E-state index in [-0.39, 0.29) is 17.7 Å². The van der Waals surface area contributed by atoms with Gasteiger partial charge in [0.15, 0.2) is 0 Å². The van der Waals surface area contributed by atoms with E-state index in [0.29, 0.717) is 24.0 Å². The molecule has 2 fully saturated rings. The highest BCUT2D eigenvalue weighted by atomic mass is 35.5. The first-order valence-corrected chi connectivity index (χ1v) is 10.6. The molecule has 5 nitrogen and oxygen atoms in total. The van der Waals surface area contributed by atoms with Crippen LogP contribution < -0.4 is 10.6 Å². The van der Waals surface area contributed by atoms with E-state index < -0.39 is 0 Å². The Hall–Kier alpha value is -1.59. The Morgan fingerprint density at radius 2 is 1.78 bits per heavy atom. The van der Waals surface area contributed by atoms with Crippen LogP contribution in [0.25, 0.3) is 0 Å². The van der Waals surface area contributed by atoms with Crippen molar-refractivity contribution in [1.82, 2.24) is 10.2 Å². The number of hydrogen-bond donors (Lipinski definition) is 2. The summed E-state index contributed by atoms with van der Waals surface area (Å²) in [4.78, 5) is 27.0. The average molecular weight is 392 g/mol. The summed E-state index contributed by atoms with van der Waals surface area (Å²) in [6.45, 7) is 2.40. The summed E-state index contributed by atoms with van der Waals surface area (Å²) < 4.78 is 0. The van der Waals surface area contributed by atoms with Crippen molar-refractivity contribution in [2.45, 2.75) is 57.4 Å². The van der Waals surface area contributed by atoms with Crippen molar-refractivity contribution in [3.63, 3.8) is 0 Å². The third-order valence-electron chi connectivity index (χ3n) is 5.61. The van der Waals surface area contributed by atoms with E-state index in [0.717, 1.165) is 44.5 Å². The first-order chi connectivity index (χ1) is 13.1. The molecule has 2 aliphatic rings. The van der Waals surface area contributed by atoms with Crippen molar-refractivity contribution < 1.29 is 9.59 Å². The molecule has 6 heteroatoms. The molecule has 2 amide bonds. The molecule has 148 valence electrons. The number of hydrogen-bond acceptors (Lipinski definition) is 3. The van der Waals surface area contributed by atoms with Gasteiger partial charge in [-0.15, -0.1) is 0 Å². The number of piperidine rings is 1. The van der Waals surface area contributed by atoms with E-state index in [9.17, 15) is 9.59 Å². The molecule has 27 heavy (non-hydrogen) atoms. The summed E-state index contributed by atoms with van der Waals surface area (Å²) in [6, 6.07) is 7.49. The second-order valence-electron chi connectivity index (χ2n) is 7.79. The van der Waals surface area contributed by atoms with Gasteiger partial charge in [-0.3, -0.25) is 9.59 Å². The van der Waals surface area contributed by atoms with Crippen LogP contribution in [0, 0.1) is 5.92 Å². The summed E-state index contributed by atoms with van der Waals surface area (Å²) in [5.41, 5.74) is 0.757. The van der Waals surface area contributed by atoms with Crippen molar-refractivity contribution >= 4 is 29.1 Å². The molecular weight excluding hydrogens is 362 g/mol. The van der Waals surface area contributed by atoms with Gasteiger partial charge in [-0.05, 0) is 56.5 Å². The third-order valence-corrected chi connectivity index (χ3v) is 5.86. The number of amides is 2. The van der Waals surface area contributed by atoms with Crippen LogP contribution in [0.5, 0.6) is 0 Å². The lowest BCUT2D eigenvalue weighted by Gasteiger charge is -2.33. The molecule has 3 rings (SSSR count). The zero-order valence-corrected chi connectivity index (χ0v) is 16.6. The Balaban J connectivity index is 1.40. The number of rotatable bonds is 6. The van der Waals surface area contributed by atoms with Crippen molar-refractivity contribution in [3.8, 4) is 0 Å². The quantitative estimate of drug-likeness (QED) is 0.774. The van der Waals surface area contributed by atoms with E-state index >= 15 is 0 Å². The van der Waals surface area contributed by atoms with Gasteiger partial charge in [0.25, 0.3) is 0 Å². The predicted octanol–water partition coefficient (Wildman–Crippen LogP) is 3.83. The number of nitrogens with zero attached hydrogens (tertiary/aromatic N) is 1. The summed E-state index contributed by atoms with van der Waals surface area (Å²) in [5.74, 6) is 0.253. The van der Waals surface area contributed by atoms with Crippen LogP contribution in [-0.4, -0.2) is 42.4 Å².